The molecule has 1 spiro atoms. The van der Waals surface area contributed by atoms with Crippen LogP contribution in [-0.4, -0.2) is 87.3 Å². The van der Waals surface area contributed by atoms with Crippen molar-refractivity contribution in [3.63, 3.8) is 0 Å². The summed E-state index contributed by atoms with van der Waals surface area (Å²) in [5.74, 6) is 0.695. The second-order valence-corrected chi connectivity index (χ2v) is 18.1. The van der Waals surface area contributed by atoms with Gasteiger partial charge in [0.25, 0.3) is 0 Å². The molecule has 5 N–H and O–H groups in total. The van der Waals surface area contributed by atoms with Gasteiger partial charge >= 0.3 is 0 Å². The van der Waals surface area contributed by atoms with Gasteiger partial charge < -0.3 is 39.7 Å². The van der Waals surface area contributed by atoms with Crippen LogP contribution in [0.4, 0.5) is 0 Å². The van der Waals surface area contributed by atoms with Gasteiger partial charge in [-0.1, -0.05) is 53.7 Å². The van der Waals surface area contributed by atoms with Gasteiger partial charge in [-0.3, -0.25) is 0 Å². The third-order valence-corrected chi connectivity index (χ3v) is 15.8. The number of aliphatic hydroxyl groups is 5. The Balaban J connectivity index is 1.23. The summed E-state index contributed by atoms with van der Waals surface area (Å²) in [4.78, 5) is 0. The molecule has 2 saturated heterocycles. The normalized spacial score (nSPS) is 61.0. The van der Waals surface area contributed by atoms with Crippen LogP contribution >= 0.6 is 0 Å². The lowest BCUT2D eigenvalue weighted by molar-refractivity contribution is -0.329. The zero-order valence-corrected chi connectivity index (χ0v) is 28.0. The smallest absolute Gasteiger partial charge is 0.186 e. The van der Waals surface area contributed by atoms with Crippen LogP contribution in [0.1, 0.15) is 99.8 Å². The Kier molecular flexibility index (Phi) is 7.08. The van der Waals surface area contributed by atoms with Crippen LogP contribution in [-0.2, 0) is 14.2 Å². The average molecular weight is 619 g/mol. The minimum absolute atomic E-state index is 0.0582. The molecule has 2 heterocycles. The molecule has 16 atom stereocenters. The van der Waals surface area contributed by atoms with E-state index in [2.05, 4.69) is 53.7 Å². The minimum atomic E-state index is -1.37. The van der Waals surface area contributed by atoms with Crippen LogP contribution in [0, 0.1) is 50.2 Å². The third-order valence-electron chi connectivity index (χ3n) is 15.8. The van der Waals surface area contributed by atoms with E-state index in [1.807, 2.05) is 0 Å². The van der Waals surface area contributed by atoms with Gasteiger partial charge in [-0.15, -0.1) is 0 Å². The topological polar surface area (TPSA) is 129 Å². The van der Waals surface area contributed by atoms with E-state index in [9.17, 15) is 25.5 Å². The Morgan fingerprint density at radius 3 is 2.27 bits per heavy atom. The molecular formula is C36H58O8. The van der Waals surface area contributed by atoms with E-state index in [0.717, 1.165) is 44.9 Å². The Morgan fingerprint density at radius 2 is 1.57 bits per heavy atom. The first-order valence-corrected chi connectivity index (χ1v) is 17.4. The fourth-order valence-corrected chi connectivity index (χ4v) is 12.8. The summed E-state index contributed by atoms with van der Waals surface area (Å²) >= 11 is 0. The van der Waals surface area contributed by atoms with Crippen LogP contribution in [0.15, 0.2) is 12.2 Å². The SMILES string of the molecule is C[C@H]1O[C@@H](O[C@H]2CC[C@@]3(C)[C@@H](CC[C@]4(C)[C@@H]3C=C[C@]35OC[C@@]6(CCC(C)(C)C[C@H]63)[C@@H](O)C[C@]54C)[C@]2(C)CO)[C@H](O)[C@@H](O)[C@H]1O. The summed E-state index contributed by atoms with van der Waals surface area (Å²) in [6.07, 6.45) is 5.98. The van der Waals surface area contributed by atoms with Crippen LogP contribution in [0.25, 0.3) is 0 Å². The molecule has 0 radical (unpaired) electrons. The molecule has 0 aromatic rings. The highest BCUT2D eigenvalue weighted by molar-refractivity contribution is 5.36. The first kappa shape index (κ1) is 32.0. The van der Waals surface area contributed by atoms with Crippen molar-refractivity contribution in [3.05, 3.63) is 12.2 Å². The lowest BCUT2D eigenvalue weighted by Crippen LogP contribution is -2.72. The van der Waals surface area contributed by atoms with Crippen molar-refractivity contribution >= 4 is 0 Å². The molecule has 2 aliphatic heterocycles. The highest BCUT2D eigenvalue weighted by Crippen LogP contribution is 2.79. The molecule has 5 aliphatic carbocycles. The quantitative estimate of drug-likeness (QED) is 0.238. The molecule has 0 unspecified atom stereocenters. The standard InChI is InChI=1S/C36H58O8/c1-20-26(39)27(40)28(41)29(43-20)44-25-10-11-31(4)21(32(25,5)18-37)8-12-33(6)22(31)9-13-36-23-16-30(2,3)14-15-35(23,19-42-36)24(38)17-34(33,36)7/h9,13,20-29,37-41H,8,10-12,14-19H2,1-7H3/t20-,21-,22-,23-,24+,25+,26+,27+,28-,29+,31+,32+,33-,34+,35-,36+/m1/s1. The van der Waals surface area contributed by atoms with Gasteiger partial charge in [-0.05, 0) is 86.4 Å². The molecular weight excluding hydrogens is 560 g/mol. The van der Waals surface area contributed by atoms with Crippen molar-refractivity contribution < 1.29 is 39.7 Å². The molecule has 7 aliphatic rings. The number of allylic oxidation sites excluding steroid dienone is 1. The van der Waals surface area contributed by atoms with Gasteiger partial charge in [-0.25, -0.2) is 0 Å². The van der Waals surface area contributed by atoms with E-state index in [4.69, 9.17) is 14.2 Å². The molecule has 0 aromatic carbocycles. The van der Waals surface area contributed by atoms with Gasteiger partial charge in [0.05, 0.1) is 37.1 Å². The predicted molar refractivity (Wildman–Crippen MR) is 164 cm³/mol. The van der Waals surface area contributed by atoms with Crippen molar-refractivity contribution in [1.29, 1.82) is 0 Å². The van der Waals surface area contributed by atoms with E-state index in [0.29, 0.717) is 18.9 Å². The zero-order chi connectivity index (χ0) is 31.9. The summed E-state index contributed by atoms with van der Waals surface area (Å²) in [7, 11) is 0. The number of hydrogen-bond acceptors (Lipinski definition) is 8. The van der Waals surface area contributed by atoms with E-state index in [-0.39, 0.29) is 63.3 Å². The van der Waals surface area contributed by atoms with Crippen molar-refractivity contribution in [2.24, 2.45) is 50.2 Å². The Labute approximate surface area is 263 Å². The fraction of sp³-hybridized carbons (Fsp3) is 0.944. The second kappa shape index (κ2) is 9.74. The maximum Gasteiger partial charge on any atom is 0.186 e. The summed E-state index contributed by atoms with van der Waals surface area (Å²) in [5.41, 5.74) is -1.36. The first-order valence-electron chi connectivity index (χ1n) is 17.4. The highest BCUT2D eigenvalue weighted by atomic mass is 16.7. The van der Waals surface area contributed by atoms with Crippen molar-refractivity contribution in [2.75, 3.05) is 13.2 Å². The maximum absolute atomic E-state index is 12.0. The van der Waals surface area contributed by atoms with Crippen LogP contribution < -0.4 is 0 Å². The van der Waals surface area contributed by atoms with E-state index >= 15 is 0 Å². The summed E-state index contributed by atoms with van der Waals surface area (Å²) in [6.45, 7) is 16.4. The second-order valence-electron chi connectivity index (χ2n) is 18.1. The van der Waals surface area contributed by atoms with E-state index in [1.165, 1.54) is 0 Å². The van der Waals surface area contributed by atoms with E-state index in [1.54, 1.807) is 6.92 Å². The lowest BCUT2D eigenvalue weighted by atomic mass is 9.32. The Bertz CT molecular complexity index is 1190. The lowest BCUT2D eigenvalue weighted by Gasteiger charge is -2.73. The molecule has 7 rings (SSSR count). The van der Waals surface area contributed by atoms with Gasteiger partial charge in [0.2, 0.25) is 0 Å². The zero-order valence-electron chi connectivity index (χ0n) is 28.0. The number of ether oxygens (including phenoxy) is 3. The molecule has 2 bridgehead atoms. The molecule has 6 fully saturated rings. The summed E-state index contributed by atoms with van der Waals surface area (Å²) in [5, 5.41) is 54.4. The summed E-state index contributed by atoms with van der Waals surface area (Å²) < 4.78 is 19.4. The van der Waals surface area contributed by atoms with Gasteiger partial charge in [0.1, 0.15) is 18.3 Å². The molecule has 44 heavy (non-hydrogen) atoms. The number of rotatable bonds is 3. The molecule has 250 valence electrons. The highest BCUT2D eigenvalue weighted by Gasteiger charge is 2.79. The van der Waals surface area contributed by atoms with E-state index < -0.39 is 36.1 Å². The van der Waals surface area contributed by atoms with Crippen molar-refractivity contribution in [3.8, 4) is 0 Å². The maximum atomic E-state index is 12.0. The van der Waals surface area contributed by atoms with Gasteiger partial charge in [0, 0.05) is 22.2 Å². The number of hydrogen-bond donors (Lipinski definition) is 5. The molecule has 0 amide bonds. The van der Waals surface area contributed by atoms with Crippen LogP contribution in [0.3, 0.4) is 0 Å². The molecule has 8 heteroatoms. The fourth-order valence-electron chi connectivity index (χ4n) is 12.8. The van der Waals surface area contributed by atoms with Crippen LogP contribution in [0.5, 0.6) is 0 Å². The molecule has 8 nitrogen and oxygen atoms in total. The average Bonchev–Trinajstić information content (AvgIpc) is 3.24. The minimum Gasteiger partial charge on any atom is -0.396 e. The summed E-state index contributed by atoms with van der Waals surface area (Å²) in [6, 6.07) is 0. The van der Waals surface area contributed by atoms with Gasteiger partial charge in [-0.2, -0.15) is 0 Å². The van der Waals surface area contributed by atoms with Crippen LogP contribution in [0.2, 0.25) is 0 Å². The van der Waals surface area contributed by atoms with Crippen molar-refractivity contribution in [1.82, 2.24) is 0 Å². The molecule has 0 aromatic heterocycles. The van der Waals surface area contributed by atoms with Crippen molar-refractivity contribution in [2.45, 2.75) is 148 Å². The monoisotopic (exact) mass is 618 g/mol. The largest absolute Gasteiger partial charge is 0.396 e. The Hall–Kier alpha value is -0.580. The van der Waals surface area contributed by atoms with Gasteiger partial charge in [0.15, 0.2) is 6.29 Å². The predicted octanol–water partition coefficient (Wildman–Crippen LogP) is 3.95. The molecule has 4 saturated carbocycles. The Morgan fingerprint density at radius 1 is 0.841 bits per heavy atom. The number of fused-ring (bicyclic) bond motifs is 4. The number of aliphatic hydroxyl groups excluding tert-OH is 5. The third kappa shape index (κ3) is 3.75. The first-order chi connectivity index (χ1) is 20.4.